The maximum Gasteiger partial charge on any atom is 0.191 e. The van der Waals surface area contributed by atoms with Gasteiger partial charge in [0.15, 0.2) is 5.96 Å². The number of nitrogens with one attached hydrogen (secondary N) is 2. The van der Waals surface area contributed by atoms with E-state index in [-0.39, 0.29) is 24.0 Å². The summed E-state index contributed by atoms with van der Waals surface area (Å²) in [6, 6.07) is 4.31. The molecule has 1 fully saturated rings. The zero-order valence-corrected chi connectivity index (χ0v) is 17.3. The van der Waals surface area contributed by atoms with Crippen molar-refractivity contribution in [1.82, 2.24) is 15.5 Å². The molecule has 1 unspecified atom stereocenters. The van der Waals surface area contributed by atoms with Crippen LogP contribution >= 0.6 is 24.0 Å². The molecule has 2 rings (SSSR count). The Kier molecular flexibility index (Phi) is 10.4. The zero-order valence-electron chi connectivity index (χ0n) is 15.0. The first-order valence-corrected chi connectivity index (χ1v) is 8.57. The third-order valence-electron chi connectivity index (χ3n) is 4.08. The van der Waals surface area contributed by atoms with Gasteiger partial charge < -0.3 is 19.8 Å². The summed E-state index contributed by atoms with van der Waals surface area (Å²) in [7, 11) is 0. The first kappa shape index (κ1) is 21.2. The largest absolute Gasteiger partial charge is 0.467 e. The maximum absolute atomic E-state index is 5.47. The maximum atomic E-state index is 5.47. The van der Waals surface area contributed by atoms with E-state index in [9.17, 15) is 0 Å². The van der Waals surface area contributed by atoms with E-state index in [0.717, 1.165) is 51.1 Å². The van der Waals surface area contributed by atoms with Crippen molar-refractivity contribution in [2.24, 2.45) is 10.9 Å². The van der Waals surface area contributed by atoms with Crippen molar-refractivity contribution in [3.8, 4) is 0 Å². The van der Waals surface area contributed by atoms with Crippen LogP contribution in [0.25, 0.3) is 0 Å². The van der Waals surface area contributed by atoms with Gasteiger partial charge in [0.25, 0.3) is 0 Å². The smallest absolute Gasteiger partial charge is 0.191 e. The van der Waals surface area contributed by atoms with Gasteiger partial charge in [0, 0.05) is 32.2 Å². The van der Waals surface area contributed by atoms with E-state index in [1.807, 2.05) is 12.1 Å². The number of hydrogen-bond acceptors (Lipinski definition) is 4. The first-order chi connectivity index (χ1) is 11.2. The number of guanidine groups is 1. The highest BCUT2D eigenvalue weighted by Gasteiger charge is 2.23. The Morgan fingerprint density at radius 1 is 1.29 bits per heavy atom. The third-order valence-corrected chi connectivity index (χ3v) is 4.08. The van der Waals surface area contributed by atoms with Crippen LogP contribution in [0.5, 0.6) is 0 Å². The van der Waals surface area contributed by atoms with Crippen LogP contribution in [-0.2, 0) is 11.3 Å². The van der Waals surface area contributed by atoms with Gasteiger partial charge in [-0.1, -0.05) is 13.8 Å². The van der Waals surface area contributed by atoms with Crippen LogP contribution in [0, 0.1) is 5.92 Å². The number of morpholine rings is 1. The molecule has 0 aliphatic carbocycles. The molecule has 0 radical (unpaired) electrons. The molecule has 1 aliphatic rings. The molecule has 2 heterocycles. The van der Waals surface area contributed by atoms with Crippen molar-refractivity contribution in [3.05, 3.63) is 24.2 Å². The number of ether oxygens (including phenoxy) is 1. The topological polar surface area (TPSA) is 62.0 Å². The third kappa shape index (κ3) is 6.98. The van der Waals surface area contributed by atoms with Gasteiger partial charge in [0.05, 0.1) is 19.5 Å². The summed E-state index contributed by atoms with van der Waals surface area (Å²) >= 11 is 0. The molecule has 24 heavy (non-hydrogen) atoms. The quantitative estimate of drug-likeness (QED) is 0.379. The molecule has 0 aromatic carbocycles. The van der Waals surface area contributed by atoms with E-state index in [0.29, 0.717) is 18.5 Å². The Bertz CT molecular complexity index is 459. The lowest BCUT2D eigenvalue weighted by atomic mass is 10.0. The van der Waals surface area contributed by atoms with Crippen LogP contribution in [0.1, 0.15) is 26.5 Å². The standard InChI is InChI=1S/C17H30N4O2.HI/c1-4-18-17(19-12-15-6-5-9-23-15)20-13-16(14(2)3)21-7-10-22-11-8-21;/h5-6,9,14,16H,4,7-8,10-13H2,1-3H3,(H2,18,19,20);1H. The highest BCUT2D eigenvalue weighted by atomic mass is 127. The van der Waals surface area contributed by atoms with Gasteiger partial charge in [-0.3, -0.25) is 4.90 Å². The minimum Gasteiger partial charge on any atom is -0.467 e. The van der Waals surface area contributed by atoms with Crippen LogP contribution in [0.3, 0.4) is 0 Å². The van der Waals surface area contributed by atoms with Gasteiger partial charge >= 0.3 is 0 Å². The molecule has 1 aliphatic heterocycles. The van der Waals surface area contributed by atoms with E-state index in [1.54, 1.807) is 6.26 Å². The van der Waals surface area contributed by atoms with E-state index in [2.05, 4.69) is 41.3 Å². The molecule has 2 N–H and O–H groups in total. The number of halogens is 1. The number of nitrogens with zero attached hydrogens (tertiary/aromatic N) is 2. The zero-order chi connectivity index (χ0) is 16.5. The van der Waals surface area contributed by atoms with E-state index in [1.165, 1.54) is 0 Å². The minimum atomic E-state index is 0. The normalized spacial score (nSPS) is 17.4. The summed E-state index contributed by atoms with van der Waals surface area (Å²) in [5, 5.41) is 6.77. The fraction of sp³-hybridized carbons (Fsp3) is 0.706. The Hall–Kier alpha value is -0.800. The Morgan fingerprint density at radius 3 is 2.62 bits per heavy atom. The number of rotatable bonds is 7. The predicted molar refractivity (Wildman–Crippen MR) is 108 cm³/mol. The lowest BCUT2D eigenvalue weighted by Crippen LogP contribution is -2.52. The van der Waals surface area contributed by atoms with Gasteiger partial charge in [-0.2, -0.15) is 0 Å². The molecular weight excluding hydrogens is 419 g/mol. The summed E-state index contributed by atoms with van der Waals surface area (Å²) < 4.78 is 10.8. The number of furan rings is 1. The summed E-state index contributed by atoms with van der Waals surface area (Å²) in [4.78, 5) is 7.10. The molecule has 0 bridgehead atoms. The monoisotopic (exact) mass is 450 g/mol. The molecule has 7 heteroatoms. The lowest BCUT2D eigenvalue weighted by Gasteiger charge is -2.37. The fourth-order valence-corrected chi connectivity index (χ4v) is 2.80. The predicted octanol–water partition coefficient (Wildman–Crippen LogP) is 2.31. The van der Waals surface area contributed by atoms with E-state index >= 15 is 0 Å². The summed E-state index contributed by atoms with van der Waals surface area (Å²) in [6.45, 7) is 12.6. The van der Waals surface area contributed by atoms with Crippen molar-refractivity contribution < 1.29 is 9.15 Å². The Labute approximate surface area is 162 Å². The fourth-order valence-electron chi connectivity index (χ4n) is 2.80. The van der Waals surface area contributed by atoms with Crippen molar-refractivity contribution in [2.75, 3.05) is 39.4 Å². The molecule has 6 nitrogen and oxygen atoms in total. The Balaban J connectivity index is 0.00000288. The molecule has 0 amide bonds. The van der Waals surface area contributed by atoms with Gasteiger partial charge in [-0.25, -0.2) is 4.99 Å². The summed E-state index contributed by atoms with van der Waals surface area (Å²) in [5.41, 5.74) is 0. The second kappa shape index (κ2) is 11.7. The summed E-state index contributed by atoms with van der Waals surface area (Å²) in [5.74, 6) is 2.28. The van der Waals surface area contributed by atoms with Gasteiger partial charge in [0.2, 0.25) is 0 Å². The van der Waals surface area contributed by atoms with Crippen molar-refractivity contribution in [1.29, 1.82) is 0 Å². The highest BCUT2D eigenvalue weighted by molar-refractivity contribution is 14.0. The second-order valence-electron chi connectivity index (χ2n) is 6.12. The molecule has 0 saturated carbocycles. The van der Waals surface area contributed by atoms with Crippen molar-refractivity contribution in [3.63, 3.8) is 0 Å². The SMILES string of the molecule is CCNC(=NCc1ccco1)NCC(C(C)C)N1CCOCC1.I. The molecule has 138 valence electrons. The van der Waals surface area contributed by atoms with Crippen LogP contribution in [-0.4, -0.2) is 56.3 Å². The second-order valence-corrected chi connectivity index (χ2v) is 6.12. The molecule has 1 saturated heterocycles. The molecule has 0 spiro atoms. The van der Waals surface area contributed by atoms with Crippen molar-refractivity contribution in [2.45, 2.75) is 33.4 Å². The van der Waals surface area contributed by atoms with Crippen molar-refractivity contribution >= 4 is 29.9 Å². The molecule has 1 aromatic heterocycles. The molecular formula is C17H31IN4O2. The van der Waals surface area contributed by atoms with Crippen LogP contribution < -0.4 is 10.6 Å². The first-order valence-electron chi connectivity index (χ1n) is 8.57. The van der Waals surface area contributed by atoms with Gasteiger partial charge in [0.1, 0.15) is 12.3 Å². The van der Waals surface area contributed by atoms with Crippen LogP contribution in [0.4, 0.5) is 0 Å². The number of hydrogen-bond donors (Lipinski definition) is 2. The average Bonchev–Trinajstić information content (AvgIpc) is 3.07. The van der Waals surface area contributed by atoms with Gasteiger partial charge in [-0.05, 0) is 25.0 Å². The van der Waals surface area contributed by atoms with Gasteiger partial charge in [-0.15, -0.1) is 24.0 Å². The Morgan fingerprint density at radius 2 is 2.04 bits per heavy atom. The van der Waals surface area contributed by atoms with E-state index < -0.39 is 0 Å². The van der Waals surface area contributed by atoms with E-state index in [4.69, 9.17) is 9.15 Å². The molecule has 1 atom stereocenters. The minimum absolute atomic E-state index is 0. The summed E-state index contributed by atoms with van der Waals surface area (Å²) in [6.07, 6.45) is 1.68. The van der Waals surface area contributed by atoms with Crippen LogP contribution in [0.15, 0.2) is 27.8 Å². The van der Waals surface area contributed by atoms with Crippen LogP contribution in [0.2, 0.25) is 0 Å². The lowest BCUT2D eigenvalue weighted by molar-refractivity contribution is 0.00752. The number of aliphatic imine (C=N–C) groups is 1. The highest BCUT2D eigenvalue weighted by Crippen LogP contribution is 2.12. The average molecular weight is 450 g/mol. The molecule has 1 aromatic rings.